The minimum absolute atomic E-state index is 0.131. The van der Waals surface area contributed by atoms with Crippen molar-refractivity contribution in [3.8, 4) is 0 Å². The second-order valence-corrected chi connectivity index (χ2v) is 8.17. The molecule has 2 aliphatic rings. The van der Waals surface area contributed by atoms with Crippen molar-refractivity contribution in [2.24, 2.45) is 0 Å². The van der Waals surface area contributed by atoms with Crippen LogP contribution < -0.4 is 0 Å². The van der Waals surface area contributed by atoms with E-state index in [0.717, 1.165) is 17.7 Å². The highest BCUT2D eigenvalue weighted by Crippen LogP contribution is 2.33. The maximum Gasteiger partial charge on any atom is 0.243 e. The minimum atomic E-state index is -0.509. The summed E-state index contributed by atoms with van der Waals surface area (Å²) in [6.45, 7) is 3.37. The molecular weight excluding hydrogens is 380 g/mol. The average Bonchev–Trinajstić information content (AvgIpc) is 2.80. The van der Waals surface area contributed by atoms with E-state index in [1.54, 1.807) is 18.6 Å². The molecule has 0 unspecified atom stereocenters. The number of rotatable bonds is 5. The predicted octanol–water partition coefficient (Wildman–Crippen LogP) is 1.14. The van der Waals surface area contributed by atoms with Gasteiger partial charge in [0.15, 0.2) is 0 Å². The normalized spacial score (nSPS) is 19.3. The summed E-state index contributed by atoms with van der Waals surface area (Å²) in [5.41, 5.74) is 1.50. The monoisotopic (exact) mass is 408 g/mol. The van der Waals surface area contributed by atoms with Crippen LogP contribution in [0.4, 0.5) is 0 Å². The Morgan fingerprint density at radius 3 is 2.47 bits per heavy atom. The molecule has 0 N–H and O–H groups in total. The van der Waals surface area contributed by atoms with E-state index in [0.29, 0.717) is 51.9 Å². The number of hydrogen-bond donors (Lipinski definition) is 0. The highest BCUT2D eigenvalue weighted by Gasteiger charge is 2.49. The first-order chi connectivity index (χ1) is 14.6. The molecule has 158 valence electrons. The lowest BCUT2D eigenvalue weighted by molar-refractivity contribution is -0.157. The second-order valence-electron chi connectivity index (χ2n) is 8.17. The molecule has 2 aromatic rings. The molecule has 0 aromatic carbocycles. The first kappa shape index (κ1) is 20.4. The maximum atomic E-state index is 13.5. The molecule has 2 saturated heterocycles. The molecule has 2 aromatic heterocycles. The van der Waals surface area contributed by atoms with Crippen molar-refractivity contribution in [1.29, 1.82) is 0 Å². The van der Waals surface area contributed by atoms with Gasteiger partial charge in [0.2, 0.25) is 11.8 Å². The highest BCUT2D eigenvalue weighted by atomic mass is 16.2. The highest BCUT2D eigenvalue weighted by molar-refractivity contribution is 5.88. The molecule has 2 aliphatic heterocycles. The van der Waals surface area contributed by atoms with Crippen molar-refractivity contribution >= 4 is 11.8 Å². The molecule has 8 heteroatoms. The van der Waals surface area contributed by atoms with Crippen LogP contribution in [0.2, 0.25) is 0 Å². The molecule has 8 nitrogen and oxygen atoms in total. The van der Waals surface area contributed by atoms with Crippen molar-refractivity contribution in [2.75, 3.05) is 33.2 Å². The van der Waals surface area contributed by atoms with Gasteiger partial charge in [-0.2, -0.15) is 0 Å². The molecule has 2 fully saturated rings. The van der Waals surface area contributed by atoms with E-state index in [2.05, 4.69) is 19.9 Å². The van der Waals surface area contributed by atoms with Gasteiger partial charge < -0.3 is 9.80 Å². The summed E-state index contributed by atoms with van der Waals surface area (Å²) < 4.78 is 0. The van der Waals surface area contributed by atoms with Crippen molar-refractivity contribution in [2.45, 2.75) is 37.8 Å². The van der Waals surface area contributed by atoms with E-state index in [9.17, 15) is 9.59 Å². The van der Waals surface area contributed by atoms with Crippen LogP contribution in [0.3, 0.4) is 0 Å². The number of piperazine rings is 1. The summed E-state index contributed by atoms with van der Waals surface area (Å²) in [5.74, 6) is 0.306. The fourth-order valence-corrected chi connectivity index (χ4v) is 4.50. The van der Waals surface area contributed by atoms with Crippen molar-refractivity contribution in [3.63, 3.8) is 0 Å². The molecule has 4 heterocycles. The smallest absolute Gasteiger partial charge is 0.243 e. The second kappa shape index (κ2) is 8.87. The number of nitrogens with zero attached hydrogens (tertiary/aromatic N) is 6. The molecule has 0 saturated carbocycles. The van der Waals surface area contributed by atoms with Crippen LogP contribution in [0.1, 0.15) is 30.4 Å². The third kappa shape index (κ3) is 4.18. The molecule has 0 bridgehead atoms. The Kier molecular flexibility index (Phi) is 6.03. The Morgan fingerprint density at radius 2 is 1.77 bits per heavy atom. The number of likely N-dealkylation sites (N-methyl/N-ethyl adjacent to an activating group) is 1. The zero-order chi connectivity index (χ0) is 21.0. The summed E-state index contributed by atoms with van der Waals surface area (Å²) in [7, 11) is 2.03. The largest absolute Gasteiger partial charge is 0.343 e. The van der Waals surface area contributed by atoms with Gasteiger partial charge in [-0.1, -0.05) is 6.07 Å². The fourth-order valence-electron chi connectivity index (χ4n) is 4.50. The van der Waals surface area contributed by atoms with Crippen LogP contribution in [0.25, 0.3) is 0 Å². The van der Waals surface area contributed by atoms with Gasteiger partial charge in [-0.05, 0) is 43.5 Å². The number of carbonyl (C=O) groups excluding carboxylic acids is 2. The van der Waals surface area contributed by atoms with E-state index in [1.165, 1.54) is 6.33 Å². The number of hydrogen-bond acceptors (Lipinski definition) is 6. The Bertz CT molecular complexity index is 868. The van der Waals surface area contributed by atoms with Crippen LogP contribution in [-0.4, -0.2) is 80.2 Å². The Morgan fingerprint density at radius 1 is 1.03 bits per heavy atom. The number of likely N-dealkylation sites (tertiary alicyclic amines) is 1. The van der Waals surface area contributed by atoms with Gasteiger partial charge >= 0.3 is 0 Å². The van der Waals surface area contributed by atoms with Gasteiger partial charge in [-0.25, -0.2) is 9.97 Å². The van der Waals surface area contributed by atoms with Gasteiger partial charge in [-0.3, -0.25) is 19.5 Å². The molecule has 4 rings (SSSR count). The lowest BCUT2D eigenvalue weighted by Crippen LogP contribution is -2.67. The first-order valence-electron chi connectivity index (χ1n) is 10.5. The number of amides is 2. The van der Waals surface area contributed by atoms with Crippen molar-refractivity contribution < 1.29 is 9.59 Å². The van der Waals surface area contributed by atoms with Gasteiger partial charge in [0.1, 0.15) is 11.9 Å². The number of piperidine rings is 1. The first-order valence-corrected chi connectivity index (χ1v) is 10.5. The zero-order valence-electron chi connectivity index (χ0n) is 17.4. The van der Waals surface area contributed by atoms with Crippen LogP contribution in [0, 0.1) is 0 Å². The maximum absolute atomic E-state index is 13.5. The molecule has 0 radical (unpaired) electrons. The van der Waals surface area contributed by atoms with Gasteiger partial charge in [-0.15, -0.1) is 0 Å². The summed E-state index contributed by atoms with van der Waals surface area (Å²) in [5, 5.41) is 0. The summed E-state index contributed by atoms with van der Waals surface area (Å²) in [6, 6.07) is 3.90. The van der Waals surface area contributed by atoms with E-state index in [4.69, 9.17) is 0 Å². The van der Waals surface area contributed by atoms with Crippen molar-refractivity contribution in [3.05, 3.63) is 54.4 Å². The lowest BCUT2D eigenvalue weighted by atomic mass is 9.82. The topological polar surface area (TPSA) is 82.5 Å². The fraction of sp³-hybridized carbons (Fsp3) is 0.500. The SMILES string of the molecule is CN1CCN(Cc2cccnc2)C(=O)C12CCN(C(=O)CCc1cncnc1)CC2. The number of carbonyl (C=O) groups is 2. The van der Waals surface area contributed by atoms with Crippen LogP contribution >= 0.6 is 0 Å². The quantitative estimate of drug-likeness (QED) is 0.738. The molecule has 30 heavy (non-hydrogen) atoms. The molecule has 0 atom stereocenters. The van der Waals surface area contributed by atoms with Crippen LogP contribution in [-0.2, 0) is 22.6 Å². The lowest BCUT2D eigenvalue weighted by Gasteiger charge is -2.51. The molecule has 2 amide bonds. The summed E-state index contributed by atoms with van der Waals surface area (Å²) in [6.07, 6.45) is 11.0. The Hall–Kier alpha value is -2.87. The summed E-state index contributed by atoms with van der Waals surface area (Å²) in [4.78, 5) is 44.3. The van der Waals surface area contributed by atoms with E-state index in [-0.39, 0.29) is 11.8 Å². The molecule has 1 spiro atoms. The number of pyridine rings is 1. The van der Waals surface area contributed by atoms with E-state index in [1.807, 2.05) is 35.2 Å². The van der Waals surface area contributed by atoms with Gasteiger partial charge in [0.05, 0.1) is 0 Å². The molecule has 0 aliphatic carbocycles. The van der Waals surface area contributed by atoms with Crippen LogP contribution in [0.15, 0.2) is 43.2 Å². The standard InChI is InChI=1S/C22H28N6O2/c1-26-11-12-28(16-19-3-2-8-23-15-19)21(30)22(26)6-9-27(10-7-22)20(29)5-4-18-13-24-17-25-14-18/h2-3,8,13-15,17H,4-7,9-12,16H2,1H3. The minimum Gasteiger partial charge on any atom is -0.343 e. The zero-order valence-corrected chi connectivity index (χ0v) is 17.4. The van der Waals surface area contributed by atoms with Gasteiger partial charge in [0, 0.05) is 63.9 Å². The summed E-state index contributed by atoms with van der Waals surface area (Å²) >= 11 is 0. The van der Waals surface area contributed by atoms with E-state index < -0.39 is 5.54 Å². The van der Waals surface area contributed by atoms with Crippen LogP contribution in [0.5, 0.6) is 0 Å². The third-order valence-corrected chi connectivity index (χ3v) is 6.40. The predicted molar refractivity (Wildman–Crippen MR) is 111 cm³/mol. The van der Waals surface area contributed by atoms with Gasteiger partial charge in [0.25, 0.3) is 0 Å². The van der Waals surface area contributed by atoms with Crippen molar-refractivity contribution in [1.82, 2.24) is 29.7 Å². The third-order valence-electron chi connectivity index (χ3n) is 6.40. The molecular formula is C22H28N6O2. The van der Waals surface area contributed by atoms with E-state index >= 15 is 0 Å². The number of aromatic nitrogens is 3. The number of aryl methyl sites for hydroxylation is 1. The Labute approximate surface area is 176 Å². The average molecular weight is 409 g/mol. The Balaban J connectivity index is 1.36.